The molecular weight excluding hydrogens is 248 g/mol. The number of hydrogen-bond acceptors (Lipinski definition) is 5. The number of aliphatic carboxylic acids is 1. The smallest absolute Gasteiger partial charge is 0.305 e. The van der Waals surface area contributed by atoms with Crippen LogP contribution in [0.4, 0.5) is 5.95 Å². The highest BCUT2D eigenvalue weighted by Crippen LogP contribution is 2.15. The number of carbonyl (C=O) groups excluding carboxylic acids is 1. The first-order valence-electron chi connectivity index (χ1n) is 6.25. The van der Waals surface area contributed by atoms with Gasteiger partial charge in [0, 0.05) is 25.8 Å². The second-order valence-electron chi connectivity index (χ2n) is 4.34. The highest BCUT2D eigenvalue weighted by molar-refractivity contribution is 5.92. The Morgan fingerprint density at radius 2 is 2.11 bits per heavy atom. The van der Waals surface area contributed by atoms with Gasteiger partial charge in [-0.1, -0.05) is 0 Å². The lowest BCUT2D eigenvalue weighted by molar-refractivity contribution is -0.136. The second-order valence-corrected chi connectivity index (χ2v) is 4.34. The molecule has 7 heteroatoms. The number of rotatable bonds is 5. The minimum absolute atomic E-state index is 0.0945. The van der Waals surface area contributed by atoms with Crippen molar-refractivity contribution in [1.29, 1.82) is 0 Å². The second kappa shape index (κ2) is 6.12. The van der Waals surface area contributed by atoms with E-state index >= 15 is 0 Å². The molecule has 2 rings (SSSR count). The van der Waals surface area contributed by atoms with E-state index < -0.39 is 5.97 Å². The molecule has 102 valence electrons. The van der Waals surface area contributed by atoms with Gasteiger partial charge in [0.1, 0.15) is 5.69 Å². The van der Waals surface area contributed by atoms with Crippen LogP contribution in [0.2, 0.25) is 0 Å². The summed E-state index contributed by atoms with van der Waals surface area (Å²) in [7, 11) is 0. The van der Waals surface area contributed by atoms with Crippen molar-refractivity contribution in [2.45, 2.75) is 19.3 Å². The van der Waals surface area contributed by atoms with E-state index in [1.165, 1.54) is 6.07 Å². The normalized spacial score (nSPS) is 14.4. The molecule has 0 bridgehead atoms. The lowest BCUT2D eigenvalue weighted by Crippen LogP contribution is -2.28. The molecule has 0 aliphatic carbocycles. The van der Waals surface area contributed by atoms with Crippen molar-refractivity contribution in [3.8, 4) is 0 Å². The van der Waals surface area contributed by atoms with E-state index in [1.807, 2.05) is 4.90 Å². The molecule has 1 aromatic heterocycles. The molecule has 0 atom stereocenters. The van der Waals surface area contributed by atoms with Gasteiger partial charge < -0.3 is 15.3 Å². The standard InChI is InChI=1S/C12H16N4O3/c17-10(18)4-6-13-11(19)9-3-5-14-12(15-9)16-7-1-2-8-16/h3,5H,1-2,4,6-8H2,(H,13,19)(H,17,18). The molecule has 0 saturated carbocycles. The van der Waals surface area contributed by atoms with E-state index in [2.05, 4.69) is 15.3 Å². The molecule has 0 unspecified atom stereocenters. The van der Waals surface area contributed by atoms with Crippen molar-refractivity contribution >= 4 is 17.8 Å². The summed E-state index contributed by atoms with van der Waals surface area (Å²) in [6.07, 6.45) is 3.67. The van der Waals surface area contributed by atoms with Crippen LogP contribution in [0.25, 0.3) is 0 Å². The van der Waals surface area contributed by atoms with Gasteiger partial charge in [-0.05, 0) is 18.9 Å². The minimum atomic E-state index is -0.944. The van der Waals surface area contributed by atoms with E-state index in [9.17, 15) is 9.59 Å². The zero-order chi connectivity index (χ0) is 13.7. The van der Waals surface area contributed by atoms with Crippen LogP contribution in [0.1, 0.15) is 29.8 Å². The Morgan fingerprint density at radius 3 is 2.79 bits per heavy atom. The summed E-state index contributed by atoms with van der Waals surface area (Å²) in [5.74, 6) is -0.756. The minimum Gasteiger partial charge on any atom is -0.481 e. The lowest BCUT2D eigenvalue weighted by atomic mass is 10.3. The largest absolute Gasteiger partial charge is 0.481 e. The van der Waals surface area contributed by atoms with E-state index in [-0.39, 0.29) is 24.6 Å². The number of amides is 1. The van der Waals surface area contributed by atoms with E-state index in [0.717, 1.165) is 25.9 Å². The third kappa shape index (κ3) is 3.64. The van der Waals surface area contributed by atoms with Gasteiger partial charge in [-0.2, -0.15) is 0 Å². The van der Waals surface area contributed by atoms with Gasteiger partial charge in [-0.3, -0.25) is 9.59 Å². The maximum Gasteiger partial charge on any atom is 0.305 e. The van der Waals surface area contributed by atoms with E-state index in [4.69, 9.17) is 5.11 Å². The fraction of sp³-hybridized carbons (Fsp3) is 0.500. The summed E-state index contributed by atoms with van der Waals surface area (Å²) in [4.78, 5) is 32.5. The summed E-state index contributed by atoms with van der Waals surface area (Å²) in [5, 5.41) is 11.0. The van der Waals surface area contributed by atoms with Crippen molar-refractivity contribution in [2.75, 3.05) is 24.5 Å². The molecule has 1 aromatic rings. The number of aromatic nitrogens is 2. The monoisotopic (exact) mass is 264 g/mol. The molecule has 7 nitrogen and oxygen atoms in total. The van der Waals surface area contributed by atoms with Gasteiger partial charge in [-0.15, -0.1) is 0 Å². The molecule has 1 aliphatic heterocycles. The number of anilines is 1. The zero-order valence-electron chi connectivity index (χ0n) is 10.5. The van der Waals surface area contributed by atoms with Crippen LogP contribution >= 0.6 is 0 Å². The fourth-order valence-corrected chi connectivity index (χ4v) is 1.92. The van der Waals surface area contributed by atoms with Crippen molar-refractivity contribution < 1.29 is 14.7 Å². The van der Waals surface area contributed by atoms with Crippen LogP contribution in [0.5, 0.6) is 0 Å². The van der Waals surface area contributed by atoms with Gasteiger partial charge in [0.25, 0.3) is 5.91 Å². The molecule has 19 heavy (non-hydrogen) atoms. The van der Waals surface area contributed by atoms with Crippen LogP contribution in [0, 0.1) is 0 Å². The highest BCUT2D eigenvalue weighted by Gasteiger charge is 2.16. The van der Waals surface area contributed by atoms with Crippen molar-refractivity contribution in [1.82, 2.24) is 15.3 Å². The molecule has 2 N–H and O–H groups in total. The van der Waals surface area contributed by atoms with Crippen LogP contribution in [0.15, 0.2) is 12.3 Å². The Balaban J connectivity index is 1.97. The number of nitrogens with one attached hydrogen (secondary N) is 1. The molecule has 1 aliphatic rings. The number of nitrogens with zero attached hydrogens (tertiary/aromatic N) is 3. The van der Waals surface area contributed by atoms with E-state index in [1.54, 1.807) is 6.20 Å². The summed E-state index contributed by atoms with van der Waals surface area (Å²) in [6, 6.07) is 1.52. The Bertz CT molecular complexity index is 472. The highest BCUT2D eigenvalue weighted by atomic mass is 16.4. The summed E-state index contributed by atoms with van der Waals surface area (Å²) in [6.45, 7) is 1.91. The maximum atomic E-state index is 11.8. The zero-order valence-corrected chi connectivity index (χ0v) is 10.5. The summed E-state index contributed by atoms with van der Waals surface area (Å²) < 4.78 is 0. The molecule has 1 amide bonds. The number of carboxylic acid groups (broad SMARTS) is 1. The van der Waals surface area contributed by atoms with Gasteiger partial charge >= 0.3 is 5.97 Å². The first kappa shape index (κ1) is 13.3. The van der Waals surface area contributed by atoms with Crippen molar-refractivity contribution in [3.05, 3.63) is 18.0 Å². The van der Waals surface area contributed by atoms with Crippen molar-refractivity contribution in [3.63, 3.8) is 0 Å². The van der Waals surface area contributed by atoms with Crippen LogP contribution in [-0.2, 0) is 4.79 Å². The average Bonchev–Trinajstić information content (AvgIpc) is 2.92. The third-order valence-electron chi connectivity index (χ3n) is 2.89. The Kier molecular flexibility index (Phi) is 4.27. The van der Waals surface area contributed by atoms with Crippen LogP contribution in [0.3, 0.4) is 0 Å². The predicted octanol–water partition coefficient (Wildman–Crippen LogP) is 0.281. The SMILES string of the molecule is O=C(O)CCNC(=O)c1ccnc(N2CCCC2)n1. The number of carboxylic acids is 1. The molecular formula is C12H16N4O3. The summed E-state index contributed by atoms with van der Waals surface area (Å²) >= 11 is 0. The average molecular weight is 264 g/mol. The van der Waals surface area contributed by atoms with Crippen molar-refractivity contribution in [2.24, 2.45) is 0 Å². The topological polar surface area (TPSA) is 95.4 Å². The van der Waals surface area contributed by atoms with E-state index in [0.29, 0.717) is 5.95 Å². The fourth-order valence-electron chi connectivity index (χ4n) is 1.92. The van der Waals surface area contributed by atoms with Gasteiger partial charge in [-0.25, -0.2) is 9.97 Å². The third-order valence-corrected chi connectivity index (χ3v) is 2.89. The number of hydrogen-bond donors (Lipinski definition) is 2. The van der Waals surface area contributed by atoms with Crippen LogP contribution in [-0.4, -0.2) is 46.6 Å². The Labute approximate surface area is 110 Å². The van der Waals surface area contributed by atoms with Crippen LogP contribution < -0.4 is 10.2 Å². The summed E-state index contributed by atoms with van der Waals surface area (Å²) in [5.41, 5.74) is 0.266. The first-order valence-corrected chi connectivity index (χ1v) is 6.25. The molecule has 0 spiro atoms. The van der Waals surface area contributed by atoms with Gasteiger partial charge in [0.2, 0.25) is 5.95 Å². The van der Waals surface area contributed by atoms with Gasteiger partial charge in [0.15, 0.2) is 0 Å². The molecule has 0 aromatic carbocycles. The predicted molar refractivity (Wildman–Crippen MR) is 68.1 cm³/mol. The Morgan fingerprint density at radius 1 is 1.37 bits per heavy atom. The quantitative estimate of drug-likeness (QED) is 0.793. The lowest BCUT2D eigenvalue weighted by Gasteiger charge is -2.15. The van der Waals surface area contributed by atoms with Gasteiger partial charge in [0.05, 0.1) is 6.42 Å². The number of carbonyl (C=O) groups is 2. The molecule has 0 radical (unpaired) electrons. The maximum absolute atomic E-state index is 11.8. The molecule has 1 saturated heterocycles. The first-order chi connectivity index (χ1) is 9.16. The molecule has 2 heterocycles. The molecule has 1 fully saturated rings. The Hall–Kier alpha value is -2.18.